The predicted molar refractivity (Wildman–Crippen MR) is 270 cm³/mol. The van der Waals surface area contributed by atoms with Gasteiger partial charge in [0.05, 0.1) is 0 Å². The summed E-state index contributed by atoms with van der Waals surface area (Å²) >= 11 is 0. The van der Waals surface area contributed by atoms with Crippen molar-refractivity contribution in [1.82, 2.24) is 0 Å². The second kappa shape index (κ2) is 51.2. The normalized spacial score (nSPS) is 12.7. The molecule has 0 aliphatic carbocycles. The van der Waals surface area contributed by atoms with Gasteiger partial charge in [0.25, 0.3) is 0 Å². The lowest BCUT2D eigenvalue weighted by Crippen LogP contribution is -2.30. The number of hydrogen-bond acceptors (Lipinski definition) is 6. The second-order valence-electron chi connectivity index (χ2n) is 17.3. The Kier molecular flexibility index (Phi) is 48.5. The van der Waals surface area contributed by atoms with Crippen molar-refractivity contribution in [3.8, 4) is 0 Å². The van der Waals surface area contributed by atoms with Gasteiger partial charge >= 0.3 is 17.9 Å². The molecule has 360 valence electrons. The van der Waals surface area contributed by atoms with Crippen LogP contribution >= 0.6 is 0 Å². The van der Waals surface area contributed by atoms with Gasteiger partial charge in [-0.05, 0) is 38.5 Å². The number of hydrogen-bond donors (Lipinski definition) is 0. The van der Waals surface area contributed by atoms with E-state index in [2.05, 4.69) is 32.9 Å². The van der Waals surface area contributed by atoms with Crippen molar-refractivity contribution in [2.24, 2.45) is 0 Å². The maximum absolute atomic E-state index is 12.8. The van der Waals surface area contributed by atoms with E-state index in [-0.39, 0.29) is 31.1 Å². The first-order chi connectivity index (χ1) is 31.0. The van der Waals surface area contributed by atoms with Crippen LogP contribution in [0.15, 0.2) is 85.1 Å². The first kappa shape index (κ1) is 59.6. The molecule has 0 heterocycles. The standard InChI is InChI=1S/C57H96O6/c1-4-7-10-13-16-19-22-24-26-28-29-30-32-33-35-38-41-44-47-50-56(59)62-53-54(52-61-55(58)49-46-43-40-37-21-18-15-12-9-6-3)63-57(60)51-48-45-42-39-36-34-31-27-25-23-20-17-14-11-8-5-2/h7,10,13,16,19,22,24,26,28-30,32-33,35,54H,4-6,8-9,11-12,14-15,17-18,20-21,23,25,27,31,34,36-53H2,1-3H3/b10-7-,16-13-,22-19-,26-24-,29-28+,32-30-,35-33-. The fraction of sp³-hybridized carbons (Fsp3) is 0.702. The Morgan fingerprint density at radius 2 is 0.619 bits per heavy atom. The maximum atomic E-state index is 12.8. The van der Waals surface area contributed by atoms with E-state index in [9.17, 15) is 14.4 Å². The summed E-state index contributed by atoms with van der Waals surface area (Å²) in [6.45, 7) is 6.45. The number of carbonyl (C=O) groups excluding carboxylic acids is 3. The van der Waals surface area contributed by atoms with Gasteiger partial charge in [-0.2, -0.15) is 0 Å². The van der Waals surface area contributed by atoms with Crippen molar-refractivity contribution in [2.45, 2.75) is 245 Å². The number of unbranched alkanes of at least 4 members (excludes halogenated alkanes) is 27. The van der Waals surface area contributed by atoms with Crippen molar-refractivity contribution in [3.05, 3.63) is 85.1 Å². The third kappa shape index (κ3) is 49.5. The minimum Gasteiger partial charge on any atom is -0.462 e. The summed E-state index contributed by atoms with van der Waals surface area (Å²) in [7, 11) is 0. The fourth-order valence-corrected chi connectivity index (χ4v) is 7.19. The molecule has 0 aromatic carbocycles. The molecule has 0 fully saturated rings. The van der Waals surface area contributed by atoms with Crippen LogP contribution in [-0.4, -0.2) is 37.2 Å². The van der Waals surface area contributed by atoms with Gasteiger partial charge < -0.3 is 14.2 Å². The van der Waals surface area contributed by atoms with Crippen molar-refractivity contribution in [2.75, 3.05) is 13.2 Å². The van der Waals surface area contributed by atoms with E-state index in [0.29, 0.717) is 19.3 Å². The van der Waals surface area contributed by atoms with E-state index in [1.807, 2.05) is 72.9 Å². The molecule has 0 amide bonds. The number of carbonyl (C=O) groups is 3. The summed E-state index contributed by atoms with van der Waals surface area (Å²) < 4.78 is 16.8. The van der Waals surface area contributed by atoms with Crippen LogP contribution in [0.4, 0.5) is 0 Å². The molecule has 0 rings (SSSR count). The minimum atomic E-state index is -0.791. The van der Waals surface area contributed by atoms with Crippen molar-refractivity contribution in [1.29, 1.82) is 0 Å². The molecule has 0 aromatic heterocycles. The highest BCUT2D eigenvalue weighted by atomic mass is 16.6. The van der Waals surface area contributed by atoms with E-state index in [1.165, 1.54) is 128 Å². The molecule has 63 heavy (non-hydrogen) atoms. The van der Waals surface area contributed by atoms with E-state index >= 15 is 0 Å². The summed E-state index contributed by atoms with van der Waals surface area (Å²) in [5, 5.41) is 0. The maximum Gasteiger partial charge on any atom is 0.306 e. The van der Waals surface area contributed by atoms with Gasteiger partial charge in [0, 0.05) is 19.3 Å². The third-order valence-electron chi connectivity index (χ3n) is 11.1. The van der Waals surface area contributed by atoms with E-state index < -0.39 is 6.10 Å². The second-order valence-corrected chi connectivity index (χ2v) is 17.3. The summed E-state index contributed by atoms with van der Waals surface area (Å²) in [6, 6.07) is 0. The van der Waals surface area contributed by atoms with Crippen molar-refractivity contribution >= 4 is 17.9 Å². The highest BCUT2D eigenvalue weighted by molar-refractivity contribution is 5.71. The number of esters is 3. The lowest BCUT2D eigenvalue weighted by atomic mass is 10.0. The average Bonchev–Trinajstić information content (AvgIpc) is 3.28. The number of rotatable bonds is 46. The number of ether oxygens (including phenoxy) is 3. The van der Waals surface area contributed by atoms with E-state index in [1.54, 1.807) is 0 Å². The Labute approximate surface area is 388 Å². The molecule has 0 radical (unpaired) electrons. The zero-order valence-electron chi connectivity index (χ0n) is 41.1. The van der Waals surface area contributed by atoms with E-state index in [4.69, 9.17) is 14.2 Å². The van der Waals surface area contributed by atoms with Crippen molar-refractivity contribution < 1.29 is 28.6 Å². The van der Waals surface area contributed by atoms with Crippen LogP contribution in [0.1, 0.15) is 239 Å². The van der Waals surface area contributed by atoms with Gasteiger partial charge in [0.2, 0.25) is 0 Å². The van der Waals surface area contributed by atoms with Gasteiger partial charge in [-0.15, -0.1) is 0 Å². The zero-order chi connectivity index (χ0) is 45.8. The largest absolute Gasteiger partial charge is 0.462 e. The SMILES string of the molecule is CC\C=C/C=C\C=C/C=C\C=C\C=C/C=C\CCCCCC(=O)OCC(COC(=O)CCCCCCCCCCCC)OC(=O)CCCCCCCCCCCCCCCCCC. The summed E-state index contributed by atoms with van der Waals surface area (Å²) in [5.41, 5.74) is 0. The average molecular weight is 877 g/mol. The molecule has 0 bridgehead atoms. The molecule has 0 aliphatic rings. The van der Waals surface area contributed by atoms with Crippen LogP contribution in [0.25, 0.3) is 0 Å². The molecule has 1 atom stereocenters. The third-order valence-corrected chi connectivity index (χ3v) is 11.1. The lowest BCUT2D eigenvalue weighted by Gasteiger charge is -2.18. The minimum absolute atomic E-state index is 0.0889. The fourth-order valence-electron chi connectivity index (χ4n) is 7.19. The van der Waals surface area contributed by atoms with Crippen LogP contribution < -0.4 is 0 Å². The van der Waals surface area contributed by atoms with Crippen LogP contribution in [0, 0.1) is 0 Å². The molecule has 0 saturated heterocycles. The first-order valence-corrected chi connectivity index (χ1v) is 26.2. The smallest absolute Gasteiger partial charge is 0.306 e. The Hall–Kier alpha value is -3.41. The quantitative estimate of drug-likeness (QED) is 0.0262. The summed E-state index contributed by atoms with van der Waals surface area (Å²) in [4.78, 5) is 37.9. The van der Waals surface area contributed by atoms with Crippen LogP contribution in [0.5, 0.6) is 0 Å². The van der Waals surface area contributed by atoms with Gasteiger partial charge in [-0.3, -0.25) is 14.4 Å². The molecule has 0 spiro atoms. The van der Waals surface area contributed by atoms with Gasteiger partial charge in [0.15, 0.2) is 6.10 Å². The Bertz CT molecular complexity index is 1240. The Balaban J connectivity index is 4.44. The molecule has 0 saturated carbocycles. The first-order valence-electron chi connectivity index (χ1n) is 26.2. The van der Waals surface area contributed by atoms with E-state index in [0.717, 1.165) is 70.6 Å². The monoisotopic (exact) mass is 877 g/mol. The molecule has 6 nitrogen and oxygen atoms in total. The van der Waals surface area contributed by atoms with Crippen molar-refractivity contribution in [3.63, 3.8) is 0 Å². The molecule has 1 unspecified atom stereocenters. The molecule has 6 heteroatoms. The summed E-state index contributed by atoms with van der Waals surface area (Å²) in [5.74, 6) is -0.933. The summed E-state index contributed by atoms with van der Waals surface area (Å²) in [6.07, 6.45) is 65.6. The Morgan fingerprint density at radius 1 is 0.333 bits per heavy atom. The molecule has 0 aliphatic heterocycles. The van der Waals surface area contributed by atoms with Crippen LogP contribution in [-0.2, 0) is 28.6 Å². The van der Waals surface area contributed by atoms with Crippen LogP contribution in [0.2, 0.25) is 0 Å². The van der Waals surface area contributed by atoms with Gasteiger partial charge in [-0.1, -0.05) is 266 Å². The number of allylic oxidation sites excluding steroid dienone is 14. The molecular formula is C57H96O6. The highest BCUT2D eigenvalue weighted by Gasteiger charge is 2.19. The lowest BCUT2D eigenvalue weighted by molar-refractivity contribution is -0.167. The zero-order valence-corrected chi connectivity index (χ0v) is 41.1. The Morgan fingerprint density at radius 3 is 0.968 bits per heavy atom. The van der Waals surface area contributed by atoms with Gasteiger partial charge in [-0.25, -0.2) is 0 Å². The van der Waals surface area contributed by atoms with Gasteiger partial charge in [0.1, 0.15) is 13.2 Å². The predicted octanol–water partition coefficient (Wildman–Crippen LogP) is 17.2. The molecule has 0 N–H and O–H groups in total. The van der Waals surface area contributed by atoms with Crippen LogP contribution in [0.3, 0.4) is 0 Å². The molecule has 0 aromatic rings. The molecular weight excluding hydrogens is 781 g/mol. The highest BCUT2D eigenvalue weighted by Crippen LogP contribution is 2.16. The topological polar surface area (TPSA) is 78.9 Å².